The fourth-order valence-electron chi connectivity index (χ4n) is 4.97. The summed E-state index contributed by atoms with van der Waals surface area (Å²) < 4.78 is 74.5. The van der Waals surface area contributed by atoms with Gasteiger partial charge in [-0.25, -0.2) is 22.9 Å². The Morgan fingerprint density at radius 3 is 2.45 bits per heavy atom. The van der Waals surface area contributed by atoms with E-state index in [1.165, 1.54) is 10.7 Å². The maximum Gasteiger partial charge on any atom is 0.523 e. The Morgan fingerprint density at radius 2 is 1.82 bits per heavy atom. The lowest BCUT2D eigenvalue weighted by Gasteiger charge is -2.33. The molecule has 16 heteroatoms. The van der Waals surface area contributed by atoms with Crippen molar-refractivity contribution in [2.45, 2.75) is 69.8 Å². The van der Waals surface area contributed by atoms with Gasteiger partial charge in [0.2, 0.25) is 11.8 Å². The lowest BCUT2D eigenvalue weighted by molar-refractivity contribution is -0.321. The Labute approximate surface area is 223 Å². The Balaban J connectivity index is 1.39. The molecule has 216 valence electrons. The van der Waals surface area contributed by atoms with Crippen molar-refractivity contribution in [1.82, 2.24) is 35.5 Å². The summed E-state index contributed by atoms with van der Waals surface area (Å²) in [4.78, 5) is 29.7. The number of aromatic nitrogens is 5. The van der Waals surface area contributed by atoms with Crippen LogP contribution < -0.4 is 10.6 Å². The van der Waals surface area contributed by atoms with E-state index in [-0.39, 0.29) is 48.9 Å². The third-order valence-electron chi connectivity index (χ3n) is 7.20. The van der Waals surface area contributed by atoms with E-state index in [1.807, 2.05) is 0 Å². The minimum Gasteiger partial charge on any atom is -0.347 e. The zero-order chi connectivity index (χ0) is 28.7. The SMILES string of the molecule is Cc1nonc1C(=O)N[C@H](c1cn2ncc([C@H](NC(=O)COC(F)(F)F)C3CC3)cc2n1)C1CCC(F)(F)CC1. The molecule has 0 saturated heterocycles. The standard InChI is InChI=1S/C24H26F5N7O4/c1-12-19(35-40-34-12)22(38)33-21(14-4-6-23(25,26)7-5-14)16-10-36-17(31-16)8-15(9-30-36)20(13-2-3-13)32-18(37)11-39-24(27,28)29/h8-10,13-14,20-21H,2-7,11H2,1H3,(H,32,37)(H,33,38)/t20-,21+/m1/s1. The first-order valence-corrected chi connectivity index (χ1v) is 12.7. The Hall–Kier alpha value is -3.69. The molecule has 5 rings (SSSR count). The van der Waals surface area contributed by atoms with Crippen molar-refractivity contribution < 1.29 is 40.9 Å². The molecule has 2 fully saturated rings. The molecule has 0 radical (unpaired) electrons. The molecule has 0 aliphatic heterocycles. The number of imidazole rings is 1. The monoisotopic (exact) mass is 571 g/mol. The summed E-state index contributed by atoms with van der Waals surface area (Å²) in [5.74, 6) is -4.62. The van der Waals surface area contributed by atoms with Gasteiger partial charge in [-0.05, 0) is 61.2 Å². The van der Waals surface area contributed by atoms with Crippen LogP contribution in [0.4, 0.5) is 22.0 Å². The van der Waals surface area contributed by atoms with E-state index in [2.05, 4.69) is 40.4 Å². The summed E-state index contributed by atoms with van der Waals surface area (Å²) >= 11 is 0. The number of carbonyl (C=O) groups is 2. The van der Waals surface area contributed by atoms with Crippen LogP contribution in [0.1, 0.15) is 78.0 Å². The van der Waals surface area contributed by atoms with E-state index in [0.29, 0.717) is 16.9 Å². The van der Waals surface area contributed by atoms with Gasteiger partial charge in [-0.1, -0.05) is 5.16 Å². The molecule has 0 aromatic carbocycles. The van der Waals surface area contributed by atoms with Gasteiger partial charge in [0, 0.05) is 12.8 Å². The van der Waals surface area contributed by atoms with E-state index in [0.717, 1.165) is 12.8 Å². The second kappa shape index (κ2) is 10.7. The van der Waals surface area contributed by atoms with Crippen LogP contribution in [-0.4, -0.2) is 55.6 Å². The van der Waals surface area contributed by atoms with Crippen molar-refractivity contribution in [3.05, 3.63) is 41.1 Å². The summed E-state index contributed by atoms with van der Waals surface area (Å²) in [6.45, 7) is 0.376. The molecule has 11 nitrogen and oxygen atoms in total. The fourth-order valence-corrected chi connectivity index (χ4v) is 4.97. The van der Waals surface area contributed by atoms with Crippen LogP contribution in [0.3, 0.4) is 0 Å². The minimum atomic E-state index is -4.93. The van der Waals surface area contributed by atoms with Gasteiger partial charge in [0.25, 0.3) is 5.91 Å². The zero-order valence-electron chi connectivity index (χ0n) is 21.3. The maximum atomic E-state index is 13.9. The summed E-state index contributed by atoms with van der Waals surface area (Å²) in [6.07, 6.45) is -0.692. The Kier molecular flexibility index (Phi) is 7.46. The minimum absolute atomic E-state index is 0.0174. The summed E-state index contributed by atoms with van der Waals surface area (Å²) in [6, 6.07) is 0.299. The molecule has 2 amide bonds. The van der Waals surface area contributed by atoms with Crippen molar-refractivity contribution in [3.8, 4) is 0 Å². The Bertz CT molecular complexity index is 1380. The van der Waals surface area contributed by atoms with E-state index in [1.54, 1.807) is 19.2 Å². The molecule has 2 saturated carbocycles. The molecule has 2 aliphatic carbocycles. The molecule has 40 heavy (non-hydrogen) atoms. The predicted octanol–water partition coefficient (Wildman–Crippen LogP) is 3.82. The number of halogens is 5. The van der Waals surface area contributed by atoms with Gasteiger partial charge in [-0.15, -0.1) is 13.2 Å². The molecule has 2 atom stereocenters. The van der Waals surface area contributed by atoms with E-state index >= 15 is 0 Å². The fraction of sp³-hybridized carbons (Fsp3) is 0.583. The number of hydrogen-bond acceptors (Lipinski definition) is 8. The van der Waals surface area contributed by atoms with E-state index in [9.17, 15) is 31.5 Å². The van der Waals surface area contributed by atoms with E-state index in [4.69, 9.17) is 0 Å². The van der Waals surface area contributed by atoms with Gasteiger partial charge in [-0.3, -0.25) is 14.3 Å². The smallest absolute Gasteiger partial charge is 0.347 e. The second-order valence-corrected chi connectivity index (χ2v) is 10.2. The van der Waals surface area contributed by atoms with Crippen LogP contribution >= 0.6 is 0 Å². The highest BCUT2D eigenvalue weighted by atomic mass is 19.4. The zero-order valence-corrected chi connectivity index (χ0v) is 21.3. The molecule has 0 spiro atoms. The summed E-state index contributed by atoms with van der Waals surface area (Å²) in [5, 5.41) is 17.0. The first kappa shape index (κ1) is 27.9. The third-order valence-corrected chi connectivity index (χ3v) is 7.20. The van der Waals surface area contributed by atoms with Gasteiger partial charge in [0.1, 0.15) is 12.3 Å². The number of aryl methyl sites for hydroxylation is 1. The van der Waals surface area contributed by atoms with Crippen molar-refractivity contribution >= 4 is 17.5 Å². The average Bonchev–Trinajstić information content (AvgIpc) is 3.49. The molecule has 2 N–H and O–H groups in total. The summed E-state index contributed by atoms with van der Waals surface area (Å²) in [5.41, 5.74) is 1.50. The van der Waals surface area contributed by atoms with Gasteiger partial charge < -0.3 is 10.6 Å². The Morgan fingerprint density at radius 1 is 1.12 bits per heavy atom. The van der Waals surface area contributed by atoms with Gasteiger partial charge in [-0.2, -0.15) is 5.10 Å². The third kappa shape index (κ3) is 6.54. The first-order valence-electron chi connectivity index (χ1n) is 12.7. The van der Waals surface area contributed by atoms with Crippen LogP contribution in [0.15, 0.2) is 23.1 Å². The number of amides is 2. The maximum absolute atomic E-state index is 13.9. The highest BCUT2D eigenvalue weighted by Crippen LogP contribution is 2.42. The lowest BCUT2D eigenvalue weighted by atomic mass is 9.81. The van der Waals surface area contributed by atoms with Crippen LogP contribution in [-0.2, 0) is 9.53 Å². The van der Waals surface area contributed by atoms with Crippen LogP contribution in [0.2, 0.25) is 0 Å². The molecule has 0 unspecified atom stereocenters. The largest absolute Gasteiger partial charge is 0.523 e. The topological polar surface area (TPSA) is 137 Å². The normalized spacial score (nSPS) is 19.4. The molecule has 2 aliphatic rings. The van der Waals surface area contributed by atoms with Crippen LogP contribution in [0.5, 0.6) is 0 Å². The van der Waals surface area contributed by atoms with Crippen molar-refractivity contribution in [1.29, 1.82) is 0 Å². The number of fused-ring (bicyclic) bond motifs is 1. The quantitative estimate of drug-likeness (QED) is 0.370. The van der Waals surface area contributed by atoms with Crippen LogP contribution in [0.25, 0.3) is 5.65 Å². The number of rotatable bonds is 9. The number of alkyl halides is 5. The number of ether oxygens (including phenoxy) is 1. The highest BCUT2D eigenvalue weighted by molar-refractivity contribution is 5.93. The van der Waals surface area contributed by atoms with E-state index < -0.39 is 42.8 Å². The molecule has 0 bridgehead atoms. The van der Waals surface area contributed by atoms with Gasteiger partial charge >= 0.3 is 6.36 Å². The molecule has 3 aromatic heterocycles. The molecular formula is C24H26F5N7O4. The summed E-state index contributed by atoms with van der Waals surface area (Å²) in [7, 11) is 0. The first-order chi connectivity index (χ1) is 18.9. The molecule has 3 aromatic rings. The van der Waals surface area contributed by atoms with Crippen molar-refractivity contribution in [2.24, 2.45) is 11.8 Å². The van der Waals surface area contributed by atoms with Crippen LogP contribution in [0, 0.1) is 18.8 Å². The van der Waals surface area contributed by atoms with Crippen molar-refractivity contribution in [3.63, 3.8) is 0 Å². The second-order valence-electron chi connectivity index (χ2n) is 10.2. The predicted molar refractivity (Wildman–Crippen MR) is 125 cm³/mol. The number of hydrogen-bond donors (Lipinski definition) is 2. The molecular weight excluding hydrogens is 545 g/mol. The van der Waals surface area contributed by atoms with Gasteiger partial charge in [0.15, 0.2) is 11.3 Å². The number of nitrogens with one attached hydrogen (secondary N) is 2. The van der Waals surface area contributed by atoms with Crippen molar-refractivity contribution in [2.75, 3.05) is 6.61 Å². The average molecular weight is 572 g/mol. The number of carbonyl (C=O) groups excluding carboxylic acids is 2. The number of nitrogens with zero attached hydrogens (tertiary/aromatic N) is 5. The van der Waals surface area contributed by atoms with Gasteiger partial charge in [0.05, 0.1) is 30.2 Å². The molecule has 3 heterocycles. The highest BCUT2D eigenvalue weighted by Gasteiger charge is 2.40. The lowest BCUT2D eigenvalue weighted by Crippen LogP contribution is -2.37.